The first-order chi connectivity index (χ1) is 7.41. The van der Waals surface area contributed by atoms with Crippen molar-refractivity contribution in [3.8, 4) is 0 Å². The average molecular weight is 216 g/mol. The predicted octanol–water partition coefficient (Wildman–Crippen LogP) is 4.01. The van der Waals surface area contributed by atoms with Crippen LogP contribution in [0.3, 0.4) is 0 Å². The molecule has 0 N–H and O–H groups in total. The van der Waals surface area contributed by atoms with Crippen LogP contribution >= 0.6 is 0 Å². The number of carbonyl (C=O) groups excluding carboxylic acids is 1. The Kier molecular flexibility index (Phi) is 4.05. The first-order valence-electron chi connectivity index (χ1n) is 5.72. The summed E-state index contributed by atoms with van der Waals surface area (Å²) in [5, 5.41) is 0. The van der Waals surface area contributed by atoms with Crippen LogP contribution in [-0.4, -0.2) is 5.78 Å². The summed E-state index contributed by atoms with van der Waals surface area (Å²) in [6, 6.07) is 4.12. The second-order valence-corrected chi connectivity index (χ2v) is 4.74. The number of carbonyl (C=O) groups is 1. The molecule has 0 aliphatic carbocycles. The summed E-state index contributed by atoms with van der Waals surface area (Å²) in [5.74, 6) is 0.527. The Labute approximate surface area is 98.2 Å². The van der Waals surface area contributed by atoms with Crippen LogP contribution in [0.5, 0.6) is 0 Å². The predicted molar refractivity (Wildman–Crippen MR) is 69.0 cm³/mol. The standard InChI is InChI=1S/C15H20O/c1-10(2)6-7-14(16)15-12(4)8-11(3)9-13(15)5/h6-10H,1-5H3/b7-6+. The fourth-order valence-electron chi connectivity index (χ4n) is 1.93. The number of ketones is 1. The maximum atomic E-state index is 12.0. The molecule has 0 amide bonds. The van der Waals surface area contributed by atoms with Crippen LogP contribution in [-0.2, 0) is 0 Å². The van der Waals surface area contributed by atoms with Crippen molar-refractivity contribution in [2.45, 2.75) is 34.6 Å². The van der Waals surface area contributed by atoms with E-state index >= 15 is 0 Å². The van der Waals surface area contributed by atoms with Crippen molar-refractivity contribution >= 4 is 5.78 Å². The van der Waals surface area contributed by atoms with Crippen molar-refractivity contribution < 1.29 is 4.79 Å². The number of allylic oxidation sites excluding steroid dienone is 2. The third-order valence-electron chi connectivity index (χ3n) is 2.56. The van der Waals surface area contributed by atoms with Crippen LogP contribution in [0.2, 0.25) is 0 Å². The van der Waals surface area contributed by atoms with E-state index in [0.29, 0.717) is 5.92 Å². The van der Waals surface area contributed by atoms with Gasteiger partial charge in [-0.15, -0.1) is 0 Å². The zero-order valence-electron chi connectivity index (χ0n) is 10.8. The quantitative estimate of drug-likeness (QED) is 0.551. The smallest absolute Gasteiger partial charge is 0.186 e. The topological polar surface area (TPSA) is 17.1 Å². The lowest BCUT2D eigenvalue weighted by Crippen LogP contribution is -2.02. The average Bonchev–Trinajstić information content (AvgIpc) is 2.12. The van der Waals surface area contributed by atoms with Crippen molar-refractivity contribution in [1.29, 1.82) is 0 Å². The lowest BCUT2D eigenvalue weighted by molar-refractivity contribution is 0.104. The zero-order chi connectivity index (χ0) is 12.3. The van der Waals surface area contributed by atoms with Gasteiger partial charge in [0.2, 0.25) is 0 Å². The molecule has 0 bridgehead atoms. The number of rotatable bonds is 3. The minimum Gasteiger partial charge on any atom is -0.289 e. The molecule has 0 heterocycles. The number of hydrogen-bond acceptors (Lipinski definition) is 1. The lowest BCUT2D eigenvalue weighted by atomic mass is 9.96. The Bertz CT molecular complexity index is 402. The molecule has 0 saturated heterocycles. The van der Waals surface area contributed by atoms with Gasteiger partial charge in [-0.1, -0.05) is 37.6 Å². The van der Waals surface area contributed by atoms with E-state index in [1.54, 1.807) is 6.08 Å². The third-order valence-corrected chi connectivity index (χ3v) is 2.56. The highest BCUT2D eigenvalue weighted by Crippen LogP contribution is 2.17. The monoisotopic (exact) mass is 216 g/mol. The van der Waals surface area contributed by atoms with Gasteiger partial charge < -0.3 is 0 Å². The van der Waals surface area contributed by atoms with E-state index in [9.17, 15) is 4.79 Å². The lowest BCUT2D eigenvalue weighted by Gasteiger charge is -2.08. The van der Waals surface area contributed by atoms with E-state index in [4.69, 9.17) is 0 Å². The van der Waals surface area contributed by atoms with Crippen LogP contribution < -0.4 is 0 Å². The Hall–Kier alpha value is -1.37. The molecule has 0 aromatic heterocycles. The number of aryl methyl sites for hydroxylation is 3. The molecule has 0 unspecified atom stereocenters. The highest BCUT2D eigenvalue weighted by molar-refractivity contribution is 6.06. The van der Waals surface area contributed by atoms with Crippen LogP contribution in [0.1, 0.15) is 40.9 Å². The molecule has 1 aromatic rings. The molecule has 1 heteroatoms. The number of hydrogen-bond donors (Lipinski definition) is 0. The van der Waals surface area contributed by atoms with E-state index in [-0.39, 0.29) is 5.78 Å². The van der Waals surface area contributed by atoms with Crippen molar-refractivity contribution in [3.05, 3.63) is 46.5 Å². The van der Waals surface area contributed by atoms with Crippen molar-refractivity contribution in [2.24, 2.45) is 5.92 Å². The molecule has 86 valence electrons. The van der Waals surface area contributed by atoms with Crippen LogP contribution in [0.15, 0.2) is 24.3 Å². The van der Waals surface area contributed by atoms with Gasteiger partial charge in [-0.05, 0) is 43.9 Å². The minimum absolute atomic E-state index is 0.115. The maximum absolute atomic E-state index is 12.0. The second-order valence-electron chi connectivity index (χ2n) is 4.74. The zero-order valence-corrected chi connectivity index (χ0v) is 10.8. The molecule has 0 saturated carbocycles. The van der Waals surface area contributed by atoms with Gasteiger partial charge >= 0.3 is 0 Å². The van der Waals surface area contributed by atoms with E-state index in [0.717, 1.165) is 16.7 Å². The van der Waals surface area contributed by atoms with E-state index in [1.807, 2.05) is 19.9 Å². The molecule has 0 radical (unpaired) electrons. The summed E-state index contributed by atoms with van der Waals surface area (Å²) >= 11 is 0. The van der Waals surface area contributed by atoms with Gasteiger partial charge in [0.1, 0.15) is 0 Å². The summed E-state index contributed by atoms with van der Waals surface area (Å²) in [6.45, 7) is 10.2. The van der Waals surface area contributed by atoms with Gasteiger partial charge in [-0.25, -0.2) is 0 Å². The Morgan fingerprint density at radius 3 is 2.06 bits per heavy atom. The summed E-state index contributed by atoms with van der Waals surface area (Å²) in [6.07, 6.45) is 3.64. The van der Waals surface area contributed by atoms with Crippen LogP contribution in [0.25, 0.3) is 0 Å². The second kappa shape index (κ2) is 5.11. The highest BCUT2D eigenvalue weighted by atomic mass is 16.1. The van der Waals surface area contributed by atoms with Crippen LogP contribution in [0.4, 0.5) is 0 Å². The molecule has 0 aliphatic rings. The maximum Gasteiger partial charge on any atom is 0.186 e. The first-order valence-corrected chi connectivity index (χ1v) is 5.72. The Morgan fingerprint density at radius 1 is 1.12 bits per heavy atom. The third kappa shape index (κ3) is 3.06. The fraction of sp³-hybridized carbons (Fsp3) is 0.400. The van der Waals surface area contributed by atoms with Crippen LogP contribution in [0, 0.1) is 26.7 Å². The minimum atomic E-state index is 0.115. The van der Waals surface area contributed by atoms with Gasteiger partial charge in [0.25, 0.3) is 0 Å². The van der Waals surface area contributed by atoms with Gasteiger partial charge in [-0.3, -0.25) is 4.79 Å². The highest BCUT2D eigenvalue weighted by Gasteiger charge is 2.09. The Balaban J connectivity index is 3.09. The first kappa shape index (κ1) is 12.7. The molecular formula is C15H20O. The number of benzene rings is 1. The SMILES string of the molecule is Cc1cc(C)c(C(=O)/C=C/C(C)C)c(C)c1. The molecule has 1 aromatic carbocycles. The molecule has 0 fully saturated rings. The largest absolute Gasteiger partial charge is 0.289 e. The summed E-state index contributed by atoms with van der Waals surface area (Å²) in [5.41, 5.74) is 4.19. The van der Waals surface area contributed by atoms with E-state index < -0.39 is 0 Å². The van der Waals surface area contributed by atoms with E-state index in [2.05, 4.69) is 32.9 Å². The molecule has 0 spiro atoms. The Morgan fingerprint density at radius 2 is 1.62 bits per heavy atom. The molecule has 0 atom stereocenters. The van der Waals surface area contributed by atoms with Gasteiger partial charge in [0, 0.05) is 5.56 Å². The van der Waals surface area contributed by atoms with Crippen molar-refractivity contribution in [3.63, 3.8) is 0 Å². The molecule has 0 aliphatic heterocycles. The molecule has 1 rings (SSSR count). The molecule has 16 heavy (non-hydrogen) atoms. The summed E-state index contributed by atoms with van der Waals surface area (Å²) in [4.78, 5) is 12.0. The molecular weight excluding hydrogens is 196 g/mol. The normalized spacial score (nSPS) is 11.4. The summed E-state index contributed by atoms with van der Waals surface area (Å²) < 4.78 is 0. The fourth-order valence-corrected chi connectivity index (χ4v) is 1.93. The van der Waals surface area contributed by atoms with Crippen molar-refractivity contribution in [1.82, 2.24) is 0 Å². The van der Waals surface area contributed by atoms with Gasteiger partial charge in [0.05, 0.1) is 0 Å². The van der Waals surface area contributed by atoms with E-state index in [1.165, 1.54) is 5.56 Å². The van der Waals surface area contributed by atoms with Crippen molar-refractivity contribution in [2.75, 3.05) is 0 Å². The van der Waals surface area contributed by atoms with Gasteiger partial charge in [0.15, 0.2) is 5.78 Å². The molecule has 1 nitrogen and oxygen atoms in total. The summed E-state index contributed by atoms with van der Waals surface area (Å²) in [7, 11) is 0. The van der Waals surface area contributed by atoms with Gasteiger partial charge in [-0.2, -0.15) is 0 Å².